The maximum Gasteiger partial charge on any atom is 0.122 e. The summed E-state index contributed by atoms with van der Waals surface area (Å²) in [5, 5.41) is 0. The summed E-state index contributed by atoms with van der Waals surface area (Å²) in [5.41, 5.74) is 3.68. The molecule has 0 fully saturated rings. The van der Waals surface area contributed by atoms with Crippen LogP contribution in [0.1, 0.15) is 29.5 Å². The van der Waals surface area contributed by atoms with E-state index in [4.69, 9.17) is 4.74 Å². The van der Waals surface area contributed by atoms with Crippen molar-refractivity contribution in [2.45, 2.75) is 33.6 Å². The van der Waals surface area contributed by atoms with Crippen molar-refractivity contribution in [3.63, 3.8) is 0 Å². The van der Waals surface area contributed by atoms with E-state index in [0.717, 1.165) is 24.0 Å². The second kappa shape index (κ2) is 5.54. The molecule has 0 saturated heterocycles. The zero-order chi connectivity index (χ0) is 11.3. The first-order valence-electron chi connectivity index (χ1n) is 5.29. The van der Waals surface area contributed by atoms with Crippen molar-refractivity contribution in [1.29, 1.82) is 0 Å². The first kappa shape index (κ1) is 11.8. The third-order valence-corrected chi connectivity index (χ3v) is 2.52. The molecule has 0 amide bonds. The minimum absolute atomic E-state index is 0.573. The Morgan fingerprint density at radius 2 is 1.80 bits per heavy atom. The van der Waals surface area contributed by atoms with Gasteiger partial charge in [-0.15, -0.1) is 0 Å². The molecule has 0 N–H and O–H groups in total. The monoisotopic (exact) mass is 206 g/mol. The van der Waals surface area contributed by atoms with Gasteiger partial charge in [0.15, 0.2) is 0 Å². The Hall–Kier alpha value is -1.31. The number of carbonyl (C=O) groups excluding carboxylic acids is 1. The van der Waals surface area contributed by atoms with Gasteiger partial charge >= 0.3 is 0 Å². The van der Waals surface area contributed by atoms with Gasteiger partial charge in [0.2, 0.25) is 0 Å². The smallest absolute Gasteiger partial charge is 0.122 e. The number of aldehydes is 1. The van der Waals surface area contributed by atoms with Crippen LogP contribution in [0.3, 0.4) is 0 Å². The van der Waals surface area contributed by atoms with Crippen molar-refractivity contribution in [3.05, 3.63) is 28.8 Å². The third-order valence-electron chi connectivity index (χ3n) is 2.52. The number of aryl methyl sites for hydroxylation is 3. The first-order chi connectivity index (χ1) is 7.15. The van der Waals surface area contributed by atoms with Gasteiger partial charge < -0.3 is 9.53 Å². The SMILES string of the molecule is Cc1cc(C)c(OCCCC=O)cc1C. The number of hydrogen-bond donors (Lipinski definition) is 0. The molecule has 0 spiro atoms. The summed E-state index contributed by atoms with van der Waals surface area (Å²) in [6.07, 6.45) is 2.29. The Kier molecular flexibility index (Phi) is 4.35. The summed E-state index contributed by atoms with van der Waals surface area (Å²) in [4.78, 5) is 10.1. The molecule has 15 heavy (non-hydrogen) atoms. The molecule has 1 aromatic rings. The van der Waals surface area contributed by atoms with E-state index in [0.29, 0.717) is 13.0 Å². The third kappa shape index (κ3) is 3.39. The molecule has 0 radical (unpaired) electrons. The van der Waals surface area contributed by atoms with Crippen LogP contribution in [0.5, 0.6) is 5.75 Å². The summed E-state index contributed by atoms with van der Waals surface area (Å²) >= 11 is 0. The van der Waals surface area contributed by atoms with Crippen LogP contribution in [-0.4, -0.2) is 12.9 Å². The predicted octanol–water partition coefficient (Wildman–Crippen LogP) is 2.97. The van der Waals surface area contributed by atoms with Crippen molar-refractivity contribution < 1.29 is 9.53 Å². The molecular weight excluding hydrogens is 188 g/mol. The van der Waals surface area contributed by atoms with Crippen LogP contribution in [-0.2, 0) is 4.79 Å². The van der Waals surface area contributed by atoms with Gasteiger partial charge in [-0.25, -0.2) is 0 Å². The topological polar surface area (TPSA) is 26.3 Å². The lowest BCUT2D eigenvalue weighted by Crippen LogP contribution is -2.00. The lowest BCUT2D eigenvalue weighted by atomic mass is 10.1. The highest BCUT2D eigenvalue weighted by atomic mass is 16.5. The highest BCUT2D eigenvalue weighted by Gasteiger charge is 2.02. The summed E-state index contributed by atoms with van der Waals surface area (Å²) in [6, 6.07) is 4.19. The van der Waals surface area contributed by atoms with E-state index in [1.807, 2.05) is 6.92 Å². The maximum absolute atomic E-state index is 10.1. The average Bonchev–Trinajstić information content (AvgIpc) is 2.20. The van der Waals surface area contributed by atoms with E-state index in [1.165, 1.54) is 11.1 Å². The standard InChI is InChI=1S/C13H18O2/c1-10-8-12(3)13(9-11(10)2)15-7-5-4-6-14/h6,8-9H,4-5,7H2,1-3H3. The molecule has 2 nitrogen and oxygen atoms in total. The zero-order valence-electron chi connectivity index (χ0n) is 9.67. The van der Waals surface area contributed by atoms with Gasteiger partial charge in [-0.3, -0.25) is 0 Å². The molecule has 2 heteroatoms. The molecular formula is C13H18O2. The number of unbranched alkanes of at least 4 members (excludes halogenated alkanes) is 1. The molecule has 0 atom stereocenters. The zero-order valence-corrected chi connectivity index (χ0v) is 9.67. The molecule has 0 bridgehead atoms. The fraction of sp³-hybridized carbons (Fsp3) is 0.462. The first-order valence-corrected chi connectivity index (χ1v) is 5.29. The van der Waals surface area contributed by atoms with Crippen molar-refractivity contribution in [3.8, 4) is 5.75 Å². The molecule has 0 heterocycles. The Morgan fingerprint density at radius 1 is 1.13 bits per heavy atom. The second-order valence-corrected chi connectivity index (χ2v) is 3.86. The Bertz CT molecular complexity index is 343. The molecule has 82 valence electrons. The predicted molar refractivity (Wildman–Crippen MR) is 61.4 cm³/mol. The summed E-state index contributed by atoms with van der Waals surface area (Å²) in [5.74, 6) is 0.934. The van der Waals surface area contributed by atoms with Crippen molar-refractivity contribution in [2.24, 2.45) is 0 Å². The van der Waals surface area contributed by atoms with Crippen molar-refractivity contribution in [2.75, 3.05) is 6.61 Å². The number of carbonyl (C=O) groups is 1. The van der Waals surface area contributed by atoms with Crippen LogP contribution in [0.2, 0.25) is 0 Å². The minimum atomic E-state index is 0.573. The number of ether oxygens (including phenoxy) is 1. The molecule has 1 aromatic carbocycles. The number of hydrogen-bond acceptors (Lipinski definition) is 2. The van der Waals surface area contributed by atoms with Gasteiger partial charge in [0.1, 0.15) is 12.0 Å². The Labute approximate surface area is 91.3 Å². The van der Waals surface area contributed by atoms with E-state index < -0.39 is 0 Å². The molecule has 0 saturated carbocycles. The van der Waals surface area contributed by atoms with Gasteiger partial charge in [0, 0.05) is 6.42 Å². The fourth-order valence-electron chi connectivity index (χ4n) is 1.44. The van der Waals surface area contributed by atoms with Crippen molar-refractivity contribution >= 4 is 6.29 Å². The molecule has 0 aromatic heterocycles. The largest absolute Gasteiger partial charge is 0.493 e. The lowest BCUT2D eigenvalue weighted by Gasteiger charge is -2.11. The van der Waals surface area contributed by atoms with Crippen LogP contribution in [0.25, 0.3) is 0 Å². The molecule has 0 aliphatic heterocycles. The molecule has 0 unspecified atom stereocenters. The molecule has 1 rings (SSSR count). The van der Waals surface area contributed by atoms with Gasteiger partial charge in [0.05, 0.1) is 6.61 Å². The van der Waals surface area contributed by atoms with Crippen LogP contribution in [0.4, 0.5) is 0 Å². The van der Waals surface area contributed by atoms with E-state index in [2.05, 4.69) is 26.0 Å². The van der Waals surface area contributed by atoms with Gasteiger partial charge in [-0.2, -0.15) is 0 Å². The highest BCUT2D eigenvalue weighted by molar-refractivity contribution is 5.49. The molecule has 0 aliphatic rings. The number of benzene rings is 1. The van der Waals surface area contributed by atoms with Crippen LogP contribution >= 0.6 is 0 Å². The van der Waals surface area contributed by atoms with Crippen molar-refractivity contribution in [1.82, 2.24) is 0 Å². The van der Waals surface area contributed by atoms with Crippen LogP contribution in [0.15, 0.2) is 12.1 Å². The second-order valence-electron chi connectivity index (χ2n) is 3.86. The quantitative estimate of drug-likeness (QED) is 0.547. The number of rotatable bonds is 5. The minimum Gasteiger partial charge on any atom is -0.493 e. The van der Waals surface area contributed by atoms with E-state index in [9.17, 15) is 4.79 Å². The van der Waals surface area contributed by atoms with Crippen LogP contribution in [0, 0.1) is 20.8 Å². The fourth-order valence-corrected chi connectivity index (χ4v) is 1.44. The molecule has 0 aliphatic carbocycles. The summed E-state index contributed by atoms with van der Waals surface area (Å²) in [7, 11) is 0. The summed E-state index contributed by atoms with van der Waals surface area (Å²) in [6.45, 7) is 6.83. The van der Waals surface area contributed by atoms with Crippen LogP contribution < -0.4 is 4.74 Å². The van der Waals surface area contributed by atoms with E-state index >= 15 is 0 Å². The van der Waals surface area contributed by atoms with Gasteiger partial charge in [0.25, 0.3) is 0 Å². The average molecular weight is 206 g/mol. The summed E-state index contributed by atoms with van der Waals surface area (Å²) < 4.78 is 5.62. The Balaban J connectivity index is 2.61. The van der Waals surface area contributed by atoms with Gasteiger partial charge in [-0.1, -0.05) is 6.07 Å². The lowest BCUT2D eigenvalue weighted by molar-refractivity contribution is -0.108. The highest BCUT2D eigenvalue weighted by Crippen LogP contribution is 2.22. The normalized spacial score (nSPS) is 10.1. The maximum atomic E-state index is 10.1. The van der Waals surface area contributed by atoms with E-state index in [1.54, 1.807) is 0 Å². The van der Waals surface area contributed by atoms with Gasteiger partial charge in [-0.05, 0) is 49.9 Å². The Morgan fingerprint density at radius 3 is 2.47 bits per heavy atom. The van der Waals surface area contributed by atoms with E-state index in [-0.39, 0.29) is 0 Å².